The molecule has 72 valence electrons. The Labute approximate surface area is 83.7 Å². The summed E-state index contributed by atoms with van der Waals surface area (Å²) in [7, 11) is 0. The molecule has 0 saturated carbocycles. The molecule has 13 heavy (non-hydrogen) atoms. The van der Waals surface area contributed by atoms with Gasteiger partial charge in [-0.05, 0) is 6.07 Å². The Kier molecular flexibility index (Phi) is 3.05. The van der Waals surface area contributed by atoms with Crippen LogP contribution in [-0.4, -0.2) is 11.5 Å². The van der Waals surface area contributed by atoms with E-state index in [1.54, 1.807) is 0 Å². The molecule has 1 aromatic rings. The minimum Gasteiger partial charge on any atom is -0.325 e. The summed E-state index contributed by atoms with van der Waals surface area (Å²) in [6, 6.07) is 1.15. The molecule has 0 aliphatic rings. The summed E-state index contributed by atoms with van der Waals surface area (Å²) in [5.41, 5.74) is 4.47. The Morgan fingerprint density at radius 1 is 1.46 bits per heavy atom. The lowest BCUT2D eigenvalue weighted by Crippen LogP contribution is -2.25. The van der Waals surface area contributed by atoms with Gasteiger partial charge in [-0.3, -0.25) is 0 Å². The predicted octanol–water partition coefficient (Wildman–Crippen LogP) is 2.44. The van der Waals surface area contributed by atoms with Crippen LogP contribution in [0.15, 0.2) is 12.3 Å². The lowest BCUT2D eigenvalue weighted by molar-refractivity contribution is 0.00573. The largest absolute Gasteiger partial charge is 0.325 e. The van der Waals surface area contributed by atoms with Gasteiger partial charge in [-0.2, -0.15) is 8.78 Å². The summed E-state index contributed by atoms with van der Waals surface area (Å²) in [4.78, 5) is 3.50. The molecule has 0 aliphatic heterocycles. The van der Waals surface area contributed by atoms with Gasteiger partial charge in [0.05, 0.1) is 17.1 Å². The van der Waals surface area contributed by atoms with Crippen LogP contribution in [0.5, 0.6) is 0 Å². The molecule has 1 rings (SSSR count). The van der Waals surface area contributed by atoms with Crippen molar-refractivity contribution in [2.45, 2.75) is 5.92 Å². The molecule has 0 saturated heterocycles. The number of alkyl halides is 2. The Morgan fingerprint density at radius 3 is 2.54 bits per heavy atom. The van der Waals surface area contributed by atoms with Gasteiger partial charge in [-0.25, -0.2) is 4.98 Å². The van der Waals surface area contributed by atoms with E-state index in [1.807, 2.05) is 0 Å². The van der Waals surface area contributed by atoms with Crippen LogP contribution in [0, 0.1) is 0 Å². The highest BCUT2D eigenvalue weighted by molar-refractivity contribution is 6.34. The lowest BCUT2D eigenvalue weighted by atomic mass is 10.1. The summed E-state index contributed by atoms with van der Waals surface area (Å²) in [5, 5.41) is -0.0583. The fourth-order valence-corrected chi connectivity index (χ4v) is 1.29. The normalized spacial score (nSPS) is 11.8. The van der Waals surface area contributed by atoms with Crippen LogP contribution >= 0.6 is 23.2 Å². The number of nitrogens with two attached hydrogens (primary N) is 1. The second-order valence-corrected chi connectivity index (χ2v) is 3.19. The van der Waals surface area contributed by atoms with E-state index in [9.17, 15) is 8.78 Å². The molecule has 0 aromatic carbocycles. The van der Waals surface area contributed by atoms with Crippen LogP contribution in [0.3, 0.4) is 0 Å². The summed E-state index contributed by atoms with van der Waals surface area (Å²) < 4.78 is 26.0. The van der Waals surface area contributed by atoms with E-state index in [0.717, 1.165) is 12.3 Å². The van der Waals surface area contributed by atoms with E-state index >= 15 is 0 Å². The summed E-state index contributed by atoms with van der Waals surface area (Å²) in [6.45, 7) is -0.809. The molecule has 2 nitrogen and oxygen atoms in total. The molecule has 0 fully saturated rings. The fraction of sp³-hybridized carbons (Fsp3) is 0.286. The Bertz CT molecular complexity index is 317. The number of aromatic nitrogens is 1. The molecule has 0 atom stereocenters. The molecule has 0 radical (unpaired) electrons. The minimum absolute atomic E-state index is 0.0709. The highest BCUT2D eigenvalue weighted by Gasteiger charge is 2.32. The van der Waals surface area contributed by atoms with Gasteiger partial charge in [-0.1, -0.05) is 23.2 Å². The number of rotatable bonds is 2. The van der Waals surface area contributed by atoms with E-state index in [4.69, 9.17) is 28.9 Å². The van der Waals surface area contributed by atoms with Crippen LogP contribution in [0.4, 0.5) is 8.78 Å². The van der Waals surface area contributed by atoms with Gasteiger partial charge in [0.15, 0.2) is 0 Å². The molecule has 1 heterocycles. The second-order valence-electron chi connectivity index (χ2n) is 2.40. The first-order valence-electron chi connectivity index (χ1n) is 3.37. The van der Waals surface area contributed by atoms with Gasteiger partial charge >= 0.3 is 0 Å². The van der Waals surface area contributed by atoms with Crippen molar-refractivity contribution in [2.24, 2.45) is 5.73 Å². The molecule has 0 spiro atoms. The zero-order chi connectivity index (χ0) is 10.1. The van der Waals surface area contributed by atoms with Crippen LogP contribution in [0.2, 0.25) is 10.2 Å². The topological polar surface area (TPSA) is 38.9 Å². The third-order valence-electron chi connectivity index (χ3n) is 1.47. The zero-order valence-electron chi connectivity index (χ0n) is 6.40. The van der Waals surface area contributed by atoms with Crippen LogP contribution < -0.4 is 5.73 Å². The minimum atomic E-state index is -3.16. The molecule has 0 unspecified atom stereocenters. The lowest BCUT2D eigenvalue weighted by Gasteiger charge is -2.14. The number of nitrogens with zero attached hydrogens (tertiary/aromatic N) is 1. The highest BCUT2D eigenvalue weighted by atomic mass is 35.5. The van der Waals surface area contributed by atoms with Crippen molar-refractivity contribution >= 4 is 23.2 Å². The first kappa shape index (κ1) is 10.6. The maximum atomic E-state index is 13.0. The molecule has 0 amide bonds. The molecule has 0 aliphatic carbocycles. The number of hydrogen-bond donors (Lipinski definition) is 1. The van der Waals surface area contributed by atoms with Gasteiger partial charge < -0.3 is 5.73 Å². The van der Waals surface area contributed by atoms with Gasteiger partial charge in [0.2, 0.25) is 0 Å². The van der Waals surface area contributed by atoms with Crippen molar-refractivity contribution in [1.82, 2.24) is 4.98 Å². The first-order chi connectivity index (χ1) is 5.97. The van der Waals surface area contributed by atoms with E-state index in [2.05, 4.69) is 4.98 Å². The highest BCUT2D eigenvalue weighted by Crippen LogP contribution is 2.32. The third kappa shape index (κ3) is 2.27. The standard InChI is InChI=1S/C7H6Cl2F2N2/c8-5-1-6(9)13-2-4(5)7(10,11)3-12/h1-2H,3,12H2. The SMILES string of the molecule is NCC(F)(F)c1cnc(Cl)cc1Cl. The Balaban J connectivity index is 3.16. The van der Waals surface area contributed by atoms with Gasteiger partial charge in [0.25, 0.3) is 5.92 Å². The second kappa shape index (κ2) is 3.74. The summed E-state index contributed by atoms with van der Waals surface area (Å²) in [5.74, 6) is -3.16. The van der Waals surface area contributed by atoms with Crippen LogP contribution in [0.1, 0.15) is 5.56 Å². The molecular formula is C7H6Cl2F2N2. The molecule has 2 N–H and O–H groups in total. The molecule has 1 aromatic heterocycles. The van der Waals surface area contributed by atoms with Crippen molar-refractivity contribution in [3.63, 3.8) is 0 Å². The third-order valence-corrected chi connectivity index (χ3v) is 1.99. The van der Waals surface area contributed by atoms with E-state index in [1.165, 1.54) is 0 Å². The van der Waals surface area contributed by atoms with Crippen molar-refractivity contribution < 1.29 is 8.78 Å². The number of pyridine rings is 1. The van der Waals surface area contributed by atoms with Crippen molar-refractivity contribution in [3.8, 4) is 0 Å². The Morgan fingerprint density at radius 2 is 2.08 bits per heavy atom. The van der Waals surface area contributed by atoms with Gasteiger partial charge in [-0.15, -0.1) is 0 Å². The first-order valence-corrected chi connectivity index (χ1v) is 4.12. The predicted molar refractivity (Wildman–Crippen MR) is 47.2 cm³/mol. The summed E-state index contributed by atoms with van der Waals surface area (Å²) in [6.07, 6.45) is 0.928. The van der Waals surface area contributed by atoms with E-state index in [0.29, 0.717) is 0 Å². The molecule has 0 bridgehead atoms. The van der Waals surface area contributed by atoms with Crippen LogP contribution in [0.25, 0.3) is 0 Å². The van der Waals surface area contributed by atoms with Crippen LogP contribution in [-0.2, 0) is 5.92 Å². The Hall–Kier alpha value is -0.450. The van der Waals surface area contributed by atoms with Gasteiger partial charge in [0, 0.05) is 6.20 Å². The van der Waals surface area contributed by atoms with Gasteiger partial charge in [0.1, 0.15) is 5.15 Å². The quantitative estimate of drug-likeness (QED) is 0.788. The zero-order valence-corrected chi connectivity index (χ0v) is 7.91. The molecule has 6 heteroatoms. The maximum Gasteiger partial charge on any atom is 0.288 e. The monoisotopic (exact) mass is 226 g/mol. The van der Waals surface area contributed by atoms with E-state index in [-0.39, 0.29) is 10.2 Å². The molecular weight excluding hydrogens is 221 g/mol. The summed E-state index contributed by atoms with van der Waals surface area (Å²) >= 11 is 11.0. The smallest absolute Gasteiger partial charge is 0.288 e. The van der Waals surface area contributed by atoms with Crippen molar-refractivity contribution in [3.05, 3.63) is 28.0 Å². The van der Waals surface area contributed by atoms with Crippen molar-refractivity contribution in [1.29, 1.82) is 0 Å². The average Bonchev–Trinajstić information content (AvgIpc) is 2.03. The number of hydrogen-bond acceptors (Lipinski definition) is 2. The fourth-order valence-electron chi connectivity index (χ4n) is 0.787. The van der Waals surface area contributed by atoms with Crippen molar-refractivity contribution in [2.75, 3.05) is 6.54 Å². The maximum absolute atomic E-state index is 13.0. The number of halogens is 4. The van der Waals surface area contributed by atoms with E-state index < -0.39 is 18.0 Å². The average molecular weight is 227 g/mol.